The first-order chi connectivity index (χ1) is 12.2. The molecule has 5 nitrogen and oxygen atoms in total. The summed E-state index contributed by atoms with van der Waals surface area (Å²) in [7, 11) is -3.47. The Morgan fingerprint density at radius 3 is 2.23 bits per heavy atom. The first kappa shape index (κ1) is 20.0. The Balaban J connectivity index is 2.09. The Kier molecular flexibility index (Phi) is 6.42. The zero-order valence-electron chi connectivity index (χ0n) is 15.7. The Hall–Kier alpha value is -2.34. The Bertz CT molecular complexity index is 859. The predicted octanol–water partition coefficient (Wildman–Crippen LogP) is 3.91. The fourth-order valence-electron chi connectivity index (χ4n) is 2.64. The molecule has 0 radical (unpaired) electrons. The summed E-state index contributed by atoms with van der Waals surface area (Å²) < 4.78 is 25.6. The minimum Gasteiger partial charge on any atom is -0.326 e. The van der Waals surface area contributed by atoms with Crippen LogP contribution in [0.4, 0.5) is 11.4 Å². The van der Waals surface area contributed by atoms with Crippen LogP contribution in [0.15, 0.2) is 48.5 Å². The van der Waals surface area contributed by atoms with E-state index in [9.17, 15) is 13.2 Å². The second kappa shape index (κ2) is 8.36. The zero-order valence-corrected chi connectivity index (χ0v) is 16.5. The minimum absolute atomic E-state index is 0.0767. The largest absolute Gasteiger partial charge is 0.326 e. The highest BCUT2D eigenvalue weighted by molar-refractivity contribution is 7.92. The Morgan fingerprint density at radius 2 is 1.69 bits per heavy atom. The van der Waals surface area contributed by atoms with Gasteiger partial charge in [0.2, 0.25) is 15.9 Å². The average Bonchev–Trinajstić information content (AvgIpc) is 2.56. The number of nitrogens with zero attached hydrogens (tertiary/aromatic N) is 1. The quantitative estimate of drug-likeness (QED) is 0.799. The summed E-state index contributed by atoms with van der Waals surface area (Å²) >= 11 is 0. The lowest BCUT2D eigenvalue weighted by molar-refractivity contribution is -0.116. The zero-order chi connectivity index (χ0) is 19.3. The van der Waals surface area contributed by atoms with Gasteiger partial charge >= 0.3 is 0 Å². The molecular formula is C20H26N2O3S. The highest BCUT2D eigenvalue weighted by Crippen LogP contribution is 2.22. The number of hydrogen-bond donors (Lipinski definition) is 1. The average molecular weight is 375 g/mol. The maximum Gasteiger partial charge on any atom is 0.232 e. The molecule has 0 aliphatic carbocycles. The number of benzene rings is 2. The van der Waals surface area contributed by atoms with Crippen LogP contribution < -0.4 is 9.62 Å². The van der Waals surface area contributed by atoms with Crippen LogP contribution in [0.5, 0.6) is 0 Å². The number of anilines is 2. The fourth-order valence-corrected chi connectivity index (χ4v) is 3.57. The molecule has 6 heteroatoms. The van der Waals surface area contributed by atoms with Crippen molar-refractivity contribution >= 4 is 27.3 Å². The van der Waals surface area contributed by atoms with Gasteiger partial charge in [-0.2, -0.15) is 0 Å². The number of nitrogens with one attached hydrogen (secondary N) is 1. The van der Waals surface area contributed by atoms with Gasteiger partial charge in [-0.05, 0) is 42.2 Å². The van der Waals surface area contributed by atoms with Crippen molar-refractivity contribution < 1.29 is 13.2 Å². The van der Waals surface area contributed by atoms with E-state index in [1.807, 2.05) is 43.3 Å². The van der Waals surface area contributed by atoms with E-state index in [1.165, 1.54) is 4.31 Å². The van der Waals surface area contributed by atoms with Crippen LogP contribution >= 0.6 is 0 Å². The van der Waals surface area contributed by atoms with Crippen LogP contribution in [0.25, 0.3) is 0 Å². The van der Waals surface area contributed by atoms with Gasteiger partial charge in [0, 0.05) is 18.7 Å². The number of para-hydroxylation sites is 1. The molecule has 0 unspecified atom stereocenters. The molecule has 1 amide bonds. The van der Waals surface area contributed by atoms with E-state index in [1.54, 1.807) is 12.1 Å². The third-order valence-electron chi connectivity index (χ3n) is 4.21. The van der Waals surface area contributed by atoms with E-state index < -0.39 is 10.0 Å². The summed E-state index contributed by atoms with van der Waals surface area (Å²) in [6.07, 6.45) is 1.23. The molecule has 0 spiro atoms. The van der Waals surface area contributed by atoms with E-state index >= 15 is 0 Å². The molecule has 0 aliphatic rings. The smallest absolute Gasteiger partial charge is 0.232 e. The van der Waals surface area contributed by atoms with Gasteiger partial charge in [-0.3, -0.25) is 9.10 Å². The van der Waals surface area contributed by atoms with Gasteiger partial charge in [-0.25, -0.2) is 8.42 Å². The number of rotatable bonds is 7. The summed E-state index contributed by atoms with van der Waals surface area (Å²) in [5.74, 6) is 0.155. The fraction of sp³-hybridized carbons (Fsp3) is 0.350. The lowest BCUT2D eigenvalue weighted by Crippen LogP contribution is -2.33. The molecule has 2 aromatic carbocycles. The predicted molar refractivity (Wildman–Crippen MR) is 107 cm³/mol. The summed E-state index contributed by atoms with van der Waals surface area (Å²) in [5.41, 5.74) is 3.41. The van der Waals surface area contributed by atoms with Gasteiger partial charge in [0.1, 0.15) is 0 Å². The third kappa shape index (κ3) is 5.33. The topological polar surface area (TPSA) is 66.5 Å². The molecule has 1 N–H and O–H groups in total. The normalized spacial score (nSPS) is 11.4. The highest BCUT2D eigenvalue weighted by atomic mass is 32.2. The second-order valence-corrected chi connectivity index (χ2v) is 8.60. The van der Waals surface area contributed by atoms with E-state index in [-0.39, 0.29) is 18.9 Å². The molecule has 0 aliphatic heterocycles. The minimum atomic E-state index is -3.47. The van der Waals surface area contributed by atoms with Crippen molar-refractivity contribution in [1.82, 2.24) is 0 Å². The molecule has 0 saturated heterocycles. The van der Waals surface area contributed by atoms with Gasteiger partial charge in [0.25, 0.3) is 0 Å². The van der Waals surface area contributed by atoms with Crippen molar-refractivity contribution in [3.8, 4) is 0 Å². The SMILES string of the molecule is Cc1ccccc1NC(=O)CCN(c1ccc(C(C)C)cc1)S(C)(=O)=O. The molecule has 2 rings (SSSR count). The van der Waals surface area contributed by atoms with Gasteiger partial charge in [-0.1, -0.05) is 44.2 Å². The van der Waals surface area contributed by atoms with Crippen LogP contribution in [-0.4, -0.2) is 27.1 Å². The van der Waals surface area contributed by atoms with Crippen molar-refractivity contribution in [2.24, 2.45) is 0 Å². The molecular weight excluding hydrogens is 348 g/mol. The van der Waals surface area contributed by atoms with Crippen LogP contribution in [-0.2, 0) is 14.8 Å². The van der Waals surface area contributed by atoms with Crippen molar-refractivity contribution in [2.75, 3.05) is 22.4 Å². The Labute approximate surface area is 156 Å². The summed E-state index contributed by atoms with van der Waals surface area (Å²) in [6.45, 7) is 6.17. The first-order valence-electron chi connectivity index (χ1n) is 8.61. The van der Waals surface area contributed by atoms with E-state index in [0.29, 0.717) is 11.6 Å². The van der Waals surface area contributed by atoms with Crippen molar-refractivity contribution in [3.05, 3.63) is 59.7 Å². The lowest BCUT2D eigenvalue weighted by Gasteiger charge is -2.23. The van der Waals surface area contributed by atoms with Crippen molar-refractivity contribution in [3.63, 3.8) is 0 Å². The van der Waals surface area contributed by atoms with Gasteiger partial charge in [0.15, 0.2) is 0 Å². The number of hydrogen-bond acceptors (Lipinski definition) is 3. The van der Waals surface area contributed by atoms with Gasteiger partial charge in [-0.15, -0.1) is 0 Å². The van der Waals surface area contributed by atoms with Gasteiger partial charge in [0.05, 0.1) is 11.9 Å². The number of carbonyl (C=O) groups is 1. The highest BCUT2D eigenvalue weighted by Gasteiger charge is 2.19. The van der Waals surface area contributed by atoms with Crippen molar-refractivity contribution in [1.29, 1.82) is 0 Å². The molecule has 0 heterocycles. The molecule has 0 saturated carbocycles. The number of carbonyl (C=O) groups excluding carboxylic acids is 1. The molecule has 140 valence electrons. The van der Waals surface area contributed by atoms with Crippen LogP contribution in [0, 0.1) is 6.92 Å². The standard InChI is InChI=1S/C20H26N2O3S/c1-15(2)17-9-11-18(12-10-17)22(26(4,24)25)14-13-20(23)21-19-8-6-5-7-16(19)3/h5-12,15H,13-14H2,1-4H3,(H,21,23). The van der Waals surface area contributed by atoms with E-state index in [4.69, 9.17) is 0 Å². The summed E-state index contributed by atoms with van der Waals surface area (Å²) in [5, 5.41) is 2.83. The lowest BCUT2D eigenvalue weighted by atomic mass is 10.0. The number of amides is 1. The van der Waals surface area contributed by atoms with Crippen LogP contribution in [0.2, 0.25) is 0 Å². The molecule has 0 bridgehead atoms. The van der Waals surface area contributed by atoms with Gasteiger partial charge < -0.3 is 5.32 Å². The van der Waals surface area contributed by atoms with Crippen LogP contribution in [0.1, 0.15) is 37.3 Å². The number of sulfonamides is 1. The number of aryl methyl sites for hydroxylation is 1. The maximum absolute atomic E-state index is 12.2. The van der Waals surface area contributed by atoms with Crippen molar-refractivity contribution in [2.45, 2.75) is 33.1 Å². The first-order valence-corrected chi connectivity index (χ1v) is 10.5. The third-order valence-corrected chi connectivity index (χ3v) is 5.40. The van der Waals surface area contributed by atoms with Crippen LogP contribution in [0.3, 0.4) is 0 Å². The monoisotopic (exact) mass is 374 g/mol. The van der Waals surface area contributed by atoms with E-state index in [2.05, 4.69) is 19.2 Å². The summed E-state index contributed by atoms with van der Waals surface area (Å²) in [4.78, 5) is 12.2. The van der Waals surface area contributed by atoms with E-state index in [0.717, 1.165) is 23.1 Å². The molecule has 0 aromatic heterocycles. The second-order valence-electron chi connectivity index (χ2n) is 6.69. The Morgan fingerprint density at radius 1 is 1.08 bits per heavy atom. The molecule has 2 aromatic rings. The maximum atomic E-state index is 12.2. The molecule has 0 atom stereocenters. The molecule has 0 fully saturated rings. The molecule has 26 heavy (non-hydrogen) atoms. The summed E-state index contributed by atoms with van der Waals surface area (Å²) in [6, 6.07) is 14.9.